The van der Waals surface area contributed by atoms with E-state index in [1.165, 1.54) is 12.1 Å². The Kier molecular flexibility index (Phi) is 4.67. The fraction of sp³-hybridized carbons (Fsp3) is 0.400. The molecular weight excluding hydrogens is 325 g/mol. The summed E-state index contributed by atoms with van der Waals surface area (Å²) in [6, 6.07) is 10.1. The Morgan fingerprint density at radius 2 is 1.56 bits per heavy atom. The van der Waals surface area contributed by atoms with Crippen molar-refractivity contribution in [2.24, 2.45) is 0 Å². The number of halogens is 3. The van der Waals surface area contributed by atoms with Crippen molar-refractivity contribution in [2.75, 3.05) is 23.7 Å². The molecule has 0 unspecified atom stereocenters. The van der Waals surface area contributed by atoms with E-state index in [0.717, 1.165) is 48.4 Å². The first-order valence-electron chi connectivity index (χ1n) is 8.55. The van der Waals surface area contributed by atoms with Crippen LogP contribution < -0.4 is 10.6 Å². The van der Waals surface area contributed by atoms with E-state index in [4.69, 9.17) is 5.73 Å². The molecule has 2 aromatic carbocycles. The number of rotatable bonds is 2. The minimum atomic E-state index is -4.29. The highest BCUT2D eigenvalue weighted by atomic mass is 19.4. The number of nitrogen functional groups attached to an aromatic ring is 1. The van der Waals surface area contributed by atoms with Gasteiger partial charge in [0.2, 0.25) is 0 Å². The Bertz CT molecular complexity index is 737. The first-order chi connectivity index (χ1) is 11.8. The summed E-state index contributed by atoms with van der Waals surface area (Å²) in [5, 5.41) is 0. The van der Waals surface area contributed by atoms with Crippen LogP contribution in [0.2, 0.25) is 0 Å². The summed E-state index contributed by atoms with van der Waals surface area (Å²) < 4.78 is 39.7. The summed E-state index contributed by atoms with van der Waals surface area (Å²) in [5.41, 5.74) is 9.94. The molecule has 0 radical (unpaired) electrons. The van der Waals surface area contributed by atoms with Gasteiger partial charge < -0.3 is 10.6 Å². The number of hydrogen-bond donors (Lipinski definition) is 1. The summed E-state index contributed by atoms with van der Waals surface area (Å²) in [6.45, 7) is 5.47. The molecular formula is C20H23F3N2. The van der Waals surface area contributed by atoms with Crippen LogP contribution in [0.25, 0.3) is 0 Å². The SMILES string of the molecule is Cc1cc(N2CCC(c3ccccc3C(F)(F)F)CC2)cc(C)c1N. The van der Waals surface area contributed by atoms with E-state index in [1.807, 2.05) is 13.8 Å². The highest BCUT2D eigenvalue weighted by Crippen LogP contribution is 2.39. The normalized spacial score (nSPS) is 16.3. The lowest BCUT2D eigenvalue weighted by atomic mass is 9.86. The summed E-state index contributed by atoms with van der Waals surface area (Å²) in [4.78, 5) is 2.24. The zero-order valence-corrected chi connectivity index (χ0v) is 14.5. The number of aryl methyl sites for hydroxylation is 2. The average molecular weight is 348 g/mol. The van der Waals surface area contributed by atoms with Crippen molar-refractivity contribution in [3.05, 3.63) is 58.7 Å². The van der Waals surface area contributed by atoms with E-state index >= 15 is 0 Å². The highest BCUT2D eigenvalue weighted by Gasteiger charge is 2.35. The first kappa shape index (κ1) is 17.6. The quantitative estimate of drug-likeness (QED) is 0.747. The predicted molar refractivity (Wildman–Crippen MR) is 96.0 cm³/mol. The Labute approximate surface area is 146 Å². The van der Waals surface area contributed by atoms with Gasteiger partial charge in [-0.1, -0.05) is 18.2 Å². The second kappa shape index (κ2) is 6.62. The number of nitrogens with zero attached hydrogens (tertiary/aromatic N) is 1. The minimum Gasteiger partial charge on any atom is -0.398 e. The molecule has 0 bridgehead atoms. The number of nitrogens with two attached hydrogens (primary N) is 1. The first-order valence-corrected chi connectivity index (χ1v) is 8.55. The zero-order chi connectivity index (χ0) is 18.2. The summed E-state index contributed by atoms with van der Waals surface area (Å²) in [6.07, 6.45) is -2.86. The van der Waals surface area contributed by atoms with Gasteiger partial charge >= 0.3 is 6.18 Å². The number of benzene rings is 2. The van der Waals surface area contributed by atoms with Crippen LogP contribution in [0.1, 0.15) is 41.0 Å². The zero-order valence-electron chi connectivity index (χ0n) is 14.5. The van der Waals surface area contributed by atoms with Crippen LogP contribution in [0.3, 0.4) is 0 Å². The Balaban J connectivity index is 1.77. The molecule has 134 valence electrons. The third-order valence-electron chi connectivity index (χ3n) is 5.14. The fourth-order valence-electron chi connectivity index (χ4n) is 3.69. The minimum absolute atomic E-state index is 0.0509. The second-order valence-corrected chi connectivity index (χ2v) is 6.84. The van der Waals surface area contributed by atoms with Crippen LogP contribution in [-0.4, -0.2) is 13.1 Å². The highest BCUT2D eigenvalue weighted by molar-refractivity contribution is 5.63. The maximum atomic E-state index is 13.2. The molecule has 0 spiro atoms. The van der Waals surface area contributed by atoms with E-state index in [-0.39, 0.29) is 5.92 Å². The smallest absolute Gasteiger partial charge is 0.398 e. The van der Waals surface area contributed by atoms with Crippen molar-refractivity contribution < 1.29 is 13.2 Å². The standard InChI is InChI=1S/C20H23F3N2/c1-13-11-16(12-14(2)19(13)24)25-9-7-15(8-10-25)17-5-3-4-6-18(17)20(21,22)23/h3-6,11-12,15H,7-10,24H2,1-2H3. The van der Waals surface area contributed by atoms with Gasteiger partial charge in [0.1, 0.15) is 0 Å². The van der Waals surface area contributed by atoms with Gasteiger partial charge in [0.05, 0.1) is 5.56 Å². The third-order valence-corrected chi connectivity index (χ3v) is 5.14. The molecule has 1 saturated heterocycles. The van der Waals surface area contributed by atoms with Crippen LogP contribution >= 0.6 is 0 Å². The molecule has 3 rings (SSSR count). The van der Waals surface area contributed by atoms with Crippen molar-refractivity contribution in [3.63, 3.8) is 0 Å². The van der Waals surface area contributed by atoms with Gasteiger partial charge in [0, 0.05) is 24.5 Å². The largest absolute Gasteiger partial charge is 0.416 e. The van der Waals surface area contributed by atoms with Crippen LogP contribution in [0.4, 0.5) is 24.5 Å². The van der Waals surface area contributed by atoms with Gasteiger partial charge in [-0.15, -0.1) is 0 Å². The summed E-state index contributed by atoms with van der Waals surface area (Å²) in [7, 11) is 0. The lowest BCUT2D eigenvalue weighted by molar-refractivity contribution is -0.138. The van der Waals surface area contributed by atoms with Crippen LogP contribution in [0, 0.1) is 13.8 Å². The Hall–Kier alpha value is -2.17. The maximum Gasteiger partial charge on any atom is 0.416 e. The van der Waals surface area contributed by atoms with Crippen molar-refractivity contribution in [1.29, 1.82) is 0 Å². The molecule has 1 aliphatic heterocycles. The molecule has 0 atom stereocenters. The molecule has 1 heterocycles. The van der Waals surface area contributed by atoms with Gasteiger partial charge in [-0.3, -0.25) is 0 Å². The lowest BCUT2D eigenvalue weighted by Crippen LogP contribution is -2.33. The van der Waals surface area contributed by atoms with Crippen molar-refractivity contribution >= 4 is 11.4 Å². The lowest BCUT2D eigenvalue weighted by Gasteiger charge is -2.35. The van der Waals surface area contributed by atoms with Crippen molar-refractivity contribution in [3.8, 4) is 0 Å². The predicted octanol–water partition coefficient (Wildman–Crippen LogP) is 5.29. The fourth-order valence-corrected chi connectivity index (χ4v) is 3.69. The molecule has 0 amide bonds. The molecule has 1 aliphatic rings. The van der Waals surface area contributed by atoms with Crippen LogP contribution in [0.15, 0.2) is 36.4 Å². The van der Waals surface area contributed by atoms with E-state index in [1.54, 1.807) is 12.1 Å². The molecule has 2 N–H and O–H groups in total. The van der Waals surface area contributed by atoms with Crippen LogP contribution in [0.5, 0.6) is 0 Å². The van der Waals surface area contributed by atoms with E-state index in [2.05, 4.69) is 17.0 Å². The summed E-state index contributed by atoms with van der Waals surface area (Å²) in [5.74, 6) is -0.0509. The summed E-state index contributed by atoms with van der Waals surface area (Å²) >= 11 is 0. The molecule has 0 saturated carbocycles. The molecule has 1 fully saturated rings. The Morgan fingerprint density at radius 3 is 2.12 bits per heavy atom. The van der Waals surface area contributed by atoms with E-state index in [9.17, 15) is 13.2 Å². The van der Waals surface area contributed by atoms with E-state index < -0.39 is 11.7 Å². The molecule has 2 nitrogen and oxygen atoms in total. The monoisotopic (exact) mass is 348 g/mol. The average Bonchev–Trinajstić information content (AvgIpc) is 2.58. The number of alkyl halides is 3. The van der Waals surface area contributed by atoms with Gasteiger partial charge in [-0.2, -0.15) is 13.2 Å². The third kappa shape index (κ3) is 3.60. The van der Waals surface area contributed by atoms with Crippen molar-refractivity contribution in [1.82, 2.24) is 0 Å². The molecule has 5 heteroatoms. The number of anilines is 2. The number of hydrogen-bond acceptors (Lipinski definition) is 2. The van der Waals surface area contributed by atoms with Gasteiger partial charge in [0.25, 0.3) is 0 Å². The van der Waals surface area contributed by atoms with Gasteiger partial charge in [-0.05, 0) is 67.5 Å². The maximum absolute atomic E-state index is 13.2. The van der Waals surface area contributed by atoms with Gasteiger partial charge in [-0.25, -0.2) is 0 Å². The molecule has 0 aromatic heterocycles. The number of piperidine rings is 1. The van der Waals surface area contributed by atoms with Crippen LogP contribution in [-0.2, 0) is 6.18 Å². The Morgan fingerprint density at radius 1 is 1.00 bits per heavy atom. The topological polar surface area (TPSA) is 29.3 Å². The molecule has 2 aromatic rings. The van der Waals surface area contributed by atoms with Gasteiger partial charge in [0.15, 0.2) is 0 Å². The van der Waals surface area contributed by atoms with Crippen molar-refractivity contribution in [2.45, 2.75) is 38.8 Å². The molecule has 25 heavy (non-hydrogen) atoms. The van der Waals surface area contributed by atoms with E-state index in [0.29, 0.717) is 5.56 Å². The second-order valence-electron chi connectivity index (χ2n) is 6.84. The molecule has 0 aliphatic carbocycles.